The summed E-state index contributed by atoms with van der Waals surface area (Å²) in [5.41, 5.74) is 3.96. The molecule has 0 saturated heterocycles. The van der Waals surface area contributed by atoms with Crippen LogP contribution in [-0.2, 0) is 17.6 Å². The van der Waals surface area contributed by atoms with Gasteiger partial charge >= 0.3 is 0 Å². The van der Waals surface area contributed by atoms with E-state index in [1.54, 1.807) is 13.0 Å². The molecule has 1 atom stereocenters. The van der Waals surface area contributed by atoms with Crippen LogP contribution in [0.5, 0.6) is 0 Å². The standard InChI is InChI=1S/C23H21N5O2/c1-15(28-20(29)14-17-10-7-11-18(17)26-28)23(30)25-22-21(16-8-3-2-4-9-16)24-19-12-5-6-13-27(19)22/h2-6,8-9,12-15H,7,10-11H2,1H3,(H,25,30). The van der Waals surface area contributed by atoms with Gasteiger partial charge in [-0.05, 0) is 43.9 Å². The topological polar surface area (TPSA) is 81.3 Å². The Morgan fingerprint density at radius 1 is 1.10 bits per heavy atom. The van der Waals surface area contributed by atoms with Crippen LogP contribution in [0.25, 0.3) is 16.9 Å². The van der Waals surface area contributed by atoms with Gasteiger partial charge in [0.1, 0.15) is 23.2 Å². The molecule has 0 spiro atoms. The molecule has 1 amide bonds. The lowest BCUT2D eigenvalue weighted by molar-refractivity contribution is -0.119. The molecule has 0 saturated carbocycles. The summed E-state index contributed by atoms with van der Waals surface area (Å²) in [4.78, 5) is 30.4. The number of fused-ring (bicyclic) bond motifs is 2. The fourth-order valence-corrected chi connectivity index (χ4v) is 3.94. The van der Waals surface area contributed by atoms with Crippen molar-refractivity contribution in [2.75, 3.05) is 5.32 Å². The summed E-state index contributed by atoms with van der Waals surface area (Å²) in [7, 11) is 0. The highest BCUT2D eigenvalue weighted by molar-refractivity contribution is 5.96. The number of anilines is 1. The second-order valence-corrected chi connectivity index (χ2v) is 7.52. The summed E-state index contributed by atoms with van der Waals surface area (Å²) >= 11 is 0. The Morgan fingerprint density at radius 3 is 2.73 bits per heavy atom. The Hall–Kier alpha value is -3.74. The maximum absolute atomic E-state index is 13.1. The molecule has 1 aromatic carbocycles. The van der Waals surface area contributed by atoms with Crippen LogP contribution in [0.4, 0.5) is 5.82 Å². The molecule has 0 radical (unpaired) electrons. The van der Waals surface area contributed by atoms with Crippen molar-refractivity contribution in [3.63, 3.8) is 0 Å². The zero-order valence-electron chi connectivity index (χ0n) is 16.6. The van der Waals surface area contributed by atoms with Gasteiger partial charge in [0, 0.05) is 17.8 Å². The number of nitrogens with one attached hydrogen (secondary N) is 1. The highest BCUT2D eigenvalue weighted by Crippen LogP contribution is 2.29. The van der Waals surface area contributed by atoms with Crippen LogP contribution < -0.4 is 10.9 Å². The van der Waals surface area contributed by atoms with Gasteiger partial charge in [-0.3, -0.25) is 14.0 Å². The van der Waals surface area contributed by atoms with Gasteiger partial charge in [-0.1, -0.05) is 36.4 Å². The first kappa shape index (κ1) is 18.3. The number of hydrogen-bond acceptors (Lipinski definition) is 4. The number of rotatable bonds is 4. The minimum absolute atomic E-state index is 0.250. The number of aromatic nitrogens is 4. The molecule has 1 N–H and O–H groups in total. The fourth-order valence-electron chi connectivity index (χ4n) is 3.94. The molecule has 7 heteroatoms. The largest absolute Gasteiger partial charge is 0.308 e. The average molecular weight is 399 g/mol. The first-order valence-electron chi connectivity index (χ1n) is 10.1. The van der Waals surface area contributed by atoms with Crippen molar-refractivity contribution in [1.29, 1.82) is 0 Å². The lowest BCUT2D eigenvalue weighted by atomic mass is 10.1. The van der Waals surface area contributed by atoms with Crippen molar-refractivity contribution in [2.24, 2.45) is 0 Å². The van der Waals surface area contributed by atoms with Crippen LogP contribution in [0.15, 0.2) is 65.6 Å². The summed E-state index contributed by atoms with van der Waals surface area (Å²) in [5.74, 6) is 0.258. The zero-order valence-corrected chi connectivity index (χ0v) is 16.6. The van der Waals surface area contributed by atoms with Crippen LogP contribution in [0.1, 0.15) is 30.6 Å². The number of carbonyl (C=O) groups is 1. The minimum atomic E-state index is -0.749. The molecule has 1 unspecified atom stereocenters. The smallest absolute Gasteiger partial charge is 0.267 e. The van der Waals surface area contributed by atoms with Crippen molar-refractivity contribution in [2.45, 2.75) is 32.2 Å². The summed E-state index contributed by atoms with van der Waals surface area (Å²) in [5, 5.41) is 7.45. The predicted molar refractivity (Wildman–Crippen MR) is 114 cm³/mol. The number of amides is 1. The number of carbonyl (C=O) groups excluding carboxylic acids is 1. The van der Waals surface area contributed by atoms with Crippen molar-refractivity contribution in [3.8, 4) is 11.3 Å². The van der Waals surface area contributed by atoms with E-state index in [9.17, 15) is 9.59 Å². The second kappa shape index (κ2) is 7.26. The molecule has 0 fully saturated rings. The highest BCUT2D eigenvalue weighted by atomic mass is 16.2. The van der Waals surface area contributed by atoms with E-state index < -0.39 is 6.04 Å². The average Bonchev–Trinajstić information content (AvgIpc) is 3.37. The third-order valence-electron chi connectivity index (χ3n) is 5.55. The SMILES string of the molecule is CC(C(=O)Nc1c(-c2ccccc2)nc2ccccn12)n1nc2c(cc1=O)CCC2. The number of aryl methyl sites for hydroxylation is 2. The predicted octanol–water partition coefficient (Wildman–Crippen LogP) is 3.25. The fraction of sp³-hybridized carbons (Fsp3) is 0.217. The van der Waals surface area contributed by atoms with Crippen LogP contribution in [-0.4, -0.2) is 25.1 Å². The Morgan fingerprint density at radius 2 is 1.90 bits per heavy atom. The van der Waals surface area contributed by atoms with Gasteiger partial charge < -0.3 is 5.32 Å². The lowest BCUT2D eigenvalue weighted by Gasteiger charge is -2.15. The van der Waals surface area contributed by atoms with Gasteiger partial charge in [0.05, 0.1) is 5.69 Å². The third kappa shape index (κ3) is 3.08. The van der Waals surface area contributed by atoms with E-state index in [0.717, 1.165) is 41.7 Å². The number of nitrogens with zero attached hydrogens (tertiary/aromatic N) is 4. The number of imidazole rings is 1. The quantitative estimate of drug-likeness (QED) is 0.571. The van der Waals surface area contributed by atoms with Crippen molar-refractivity contribution in [3.05, 3.63) is 82.4 Å². The van der Waals surface area contributed by atoms with E-state index in [2.05, 4.69) is 10.4 Å². The summed E-state index contributed by atoms with van der Waals surface area (Å²) in [6.07, 6.45) is 4.57. The van der Waals surface area contributed by atoms with Gasteiger partial charge in [0.25, 0.3) is 5.56 Å². The van der Waals surface area contributed by atoms with Gasteiger partial charge in [0.15, 0.2) is 0 Å². The van der Waals surface area contributed by atoms with E-state index in [-0.39, 0.29) is 11.5 Å². The molecule has 1 aliphatic carbocycles. The van der Waals surface area contributed by atoms with Crippen molar-refractivity contribution >= 4 is 17.4 Å². The first-order chi connectivity index (χ1) is 14.6. The van der Waals surface area contributed by atoms with Crippen molar-refractivity contribution in [1.82, 2.24) is 19.2 Å². The first-order valence-corrected chi connectivity index (χ1v) is 10.1. The monoisotopic (exact) mass is 399 g/mol. The summed E-state index contributed by atoms with van der Waals surface area (Å²) in [6, 6.07) is 16.2. The van der Waals surface area contributed by atoms with Crippen LogP contribution in [0.3, 0.4) is 0 Å². The Bertz CT molecular complexity index is 1310. The highest BCUT2D eigenvalue weighted by Gasteiger charge is 2.24. The van der Waals surface area contributed by atoms with E-state index >= 15 is 0 Å². The van der Waals surface area contributed by atoms with Crippen LogP contribution in [0.2, 0.25) is 0 Å². The molecule has 1 aliphatic rings. The Kier molecular flexibility index (Phi) is 4.43. The maximum atomic E-state index is 13.1. The number of benzene rings is 1. The summed E-state index contributed by atoms with van der Waals surface area (Å²) < 4.78 is 3.12. The molecule has 5 rings (SSSR count). The van der Waals surface area contributed by atoms with Crippen LogP contribution in [0, 0.1) is 0 Å². The maximum Gasteiger partial charge on any atom is 0.267 e. The number of hydrogen-bond donors (Lipinski definition) is 1. The normalized spacial score (nSPS) is 13.9. The van der Waals surface area contributed by atoms with Crippen molar-refractivity contribution < 1.29 is 4.79 Å². The molecule has 0 bridgehead atoms. The molecule has 7 nitrogen and oxygen atoms in total. The Labute approximate surface area is 173 Å². The minimum Gasteiger partial charge on any atom is -0.308 e. The molecule has 150 valence electrons. The third-order valence-corrected chi connectivity index (χ3v) is 5.55. The lowest BCUT2D eigenvalue weighted by Crippen LogP contribution is -2.34. The molecule has 3 heterocycles. The summed E-state index contributed by atoms with van der Waals surface area (Å²) in [6.45, 7) is 1.69. The van der Waals surface area contributed by atoms with Gasteiger partial charge in [-0.2, -0.15) is 5.10 Å². The van der Waals surface area contributed by atoms with E-state index in [4.69, 9.17) is 4.98 Å². The zero-order chi connectivity index (χ0) is 20.7. The molecular weight excluding hydrogens is 378 g/mol. The molecule has 30 heavy (non-hydrogen) atoms. The molecule has 4 aromatic rings. The number of pyridine rings is 1. The van der Waals surface area contributed by atoms with Gasteiger partial charge in [-0.25, -0.2) is 9.67 Å². The van der Waals surface area contributed by atoms with E-state index in [0.29, 0.717) is 11.5 Å². The molecule has 3 aromatic heterocycles. The molecular formula is C23H21N5O2. The molecule has 0 aliphatic heterocycles. The van der Waals surface area contributed by atoms with Gasteiger partial charge in [-0.15, -0.1) is 0 Å². The Balaban J connectivity index is 1.53. The van der Waals surface area contributed by atoms with E-state index in [1.165, 1.54) is 4.68 Å². The van der Waals surface area contributed by atoms with Gasteiger partial charge in [0.2, 0.25) is 5.91 Å². The second-order valence-electron chi connectivity index (χ2n) is 7.52. The van der Waals surface area contributed by atoms with Crippen LogP contribution >= 0.6 is 0 Å². The van der Waals surface area contributed by atoms with E-state index in [1.807, 2.05) is 59.1 Å².